The minimum Gasteiger partial charge on any atom is -0.497 e. The van der Waals surface area contributed by atoms with Crippen LogP contribution in [-0.2, 0) is 0 Å². The molecule has 0 saturated heterocycles. The van der Waals surface area contributed by atoms with Crippen LogP contribution < -0.4 is 10.1 Å². The van der Waals surface area contributed by atoms with E-state index in [1.165, 1.54) is 0 Å². The van der Waals surface area contributed by atoms with E-state index in [1.54, 1.807) is 18.4 Å². The number of benzene rings is 4. The number of amides is 1. The van der Waals surface area contributed by atoms with Gasteiger partial charge in [0.2, 0.25) is 0 Å². The standard InChI is InChI=1S/C27H19N3O2S/c1-32-20-12-9-18(10-13-20)23-16-30-24-14-11-19(15-25(24)33-27(30)29-23)26(31)28-22-8-4-6-17-5-2-3-7-21(17)22/h2-16H,1H3,(H,28,31). The van der Waals surface area contributed by atoms with Crippen LogP contribution in [0.3, 0.4) is 0 Å². The number of thiazole rings is 1. The number of hydrogen-bond donors (Lipinski definition) is 1. The molecule has 0 unspecified atom stereocenters. The average Bonchev–Trinajstić information content (AvgIpc) is 3.42. The van der Waals surface area contributed by atoms with Gasteiger partial charge >= 0.3 is 0 Å². The summed E-state index contributed by atoms with van der Waals surface area (Å²) in [4.78, 5) is 18.7. The number of aromatic nitrogens is 2. The first kappa shape index (κ1) is 19.5. The van der Waals surface area contributed by atoms with E-state index in [4.69, 9.17) is 9.72 Å². The highest BCUT2D eigenvalue weighted by Crippen LogP contribution is 2.31. The molecule has 5 nitrogen and oxygen atoms in total. The first-order valence-electron chi connectivity index (χ1n) is 10.5. The third kappa shape index (κ3) is 3.41. The fourth-order valence-electron chi connectivity index (χ4n) is 4.07. The second-order valence-corrected chi connectivity index (χ2v) is 8.78. The Bertz CT molecular complexity index is 1640. The number of rotatable bonds is 4. The number of hydrogen-bond acceptors (Lipinski definition) is 4. The fourth-order valence-corrected chi connectivity index (χ4v) is 5.12. The molecule has 0 aliphatic heterocycles. The molecule has 0 aliphatic rings. The Hall–Kier alpha value is -4.16. The molecule has 6 rings (SSSR count). The molecule has 4 aromatic carbocycles. The van der Waals surface area contributed by atoms with Gasteiger partial charge in [-0.05, 0) is 53.9 Å². The van der Waals surface area contributed by atoms with E-state index in [1.807, 2.05) is 91.1 Å². The molecule has 0 atom stereocenters. The van der Waals surface area contributed by atoms with Crippen molar-refractivity contribution in [2.24, 2.45) is 0 Å². The third-order valence-corrected chi connectivity index (χ3v) is 6.80. The van der Waals surface area contributed by atoms with Crippen LogP contribution >= 0.6 is 11.3 Å². The minimum absolute atomic E-state index is 0.127. The summed E-state index contributed by atoms with van der Waals surface area (Å²) in [5, 5.41) is 5.18. The second-order valence-electron chi connectivity index (χ2n) is 7.77. The molecule has 0 spiro atoms. The lowest BCUT2D eigenvalue weighted by molar-refractivity contribution is 0.102. The van der Waals surface area contributed by atoms with E-state index in [0.29, 0.717) is 5.56 Å². The molecule has 2 aromatic heterocycles. The Morgan fingerprint density at radius 3 is 2.64 bits per heavy atom. The van der Waals surface area contributed by atoms with Gasteiger partial charge in [0.15, 0.2) is 4.96 Å². The summed E-state index contributed by atoms with van der Waals surface area (Å²) in [5.41, 5.74) is 4.40. The van der Waals surface area contributed by atoms with Crippen LogP contribution in [0, 0.1) is 0 Å². The van der Waals surface area contributed by atoms with E-state index in [2.05, 4.69) is 9.72 Å². The molecular weight excluding hydrogens is 430 g/mol. The third-order valence-electron chi connectivity index (χ3n) is 5.78. The molecule has 2 heterocycles. The topological polar surface area (TPSA) is 55.6 Å². The highest BCUT2D eigenvalue weighted by molar-refractivity contribution is 7.23. The maximum Gasteiger partial charge on any atom is 0.255 e. The molecule has 0 fully saturated rings. The Labute approximate surface area is 193 Å². The van der Waals surface area contributed by atoms with Gasteiger partial charge in [0.25, 0.3) is 5.91 Å². The van der Waals surface area contributed by atoms with Gasteiger partial charge in [-0.2, -0.15) is 0 Å². The van der Waals surface area contributed by atoms with Crippen molar-refractivity contribution < 1.29 is 9.53 Å². The van der Waals surface area contributed by atoms with Crippen molar-refractivity contribution in [1.82, 2.24) is 9.38 Å². The Kier molecular flexibility index (Phi) is 4.59. The summed E-state index contributed by atoms with van der Waals surface area (Å²) in [5.74, 6) is 0.692. The van der Waals surface area contributed by atoms with Crippen LogP contribution in [0.4, 0.5) is 5.69 Å². The van der Waals surface area contributed by atoms with Crippen LogP contribution in [0.1, 0.15) is 10.4 Å². The van der Waals surface area contributed by atoms with Crippen molar-refractivity contribution in [2.45, 2.75) is 0 Å². The number of imidazole rings is 1. The highest BCUT2D eigenvalue weighted by atomic mass is 32.1. The van der Waals surface area contributed by atoms with Crippen molar-refractivity contribution in [1.29, 1.82) is 0 Å². The van der Waals surface area contributed by atoms with Gasteiger partial charge in [0, 0.05) is 28.4 Å². The number of nitrogens with one attached hydrogen (secondary N) is 1. The first-order chi connectivity index (χ1) is 16.2. The smallest absolute Gasteiger partial charge is 0.255 e. The monoisotopic (exact) mass is 449 g/mol. The van der Waals surface area contributed by atoms with Crippen molar-refractivity contribution >= 4 is 48.9 Å². The van der Waals surface area contributed by atoms with Crippen LogP contribution in [0.2, 0.25) is 0 Å². The van der Waals surface area contributed by atoms with Crippen LogP contribution in [-0.4, -0.2) is 22.4 Å². The zero-order chi connectivity index (χ0) is 22.4. The van der Waals surface area contributed by atoms with E-state index in [9.17, 15) is 4.79 Å². The van der Waals surface area contributed by atoms with Gasteiger partial charge in [0.1, 0.15) is 5.75 Å². The molecule has 6 aromatic rings. The number of methoxy groups -OCH3 is 1. The number of anilines is 1. The van der Waals surface area contributed by atoms with Crippen molar-refractivity contribution in [3.8, 4) is 17.0 Å². The van der Waals surface area contributed by atoms with Gasteiger partial charge in [0.05, 0.1) is 23.0 Å². The summed E-state index contributed by atoms with van der Waals surface area (Å²) < 4.78 is 8.33. The van der Waals surface area contributed by atoms with E-state index in [-0.39, 0.29) is 5.91 Å². The van der Waals surface area contributed by atoms with E-state index < -0.39 is 0 Å². The number of nitrogens with zero attached hydrogens (tertiary/aromatic N) is 2. The summed E-state index contributed by atoms with van der Waals surface area (Å²) in [6, 6.07) is 27.6. The first-order valence-corrected chi connectivity index (χ1v) is 11.4. The zero-order valence-corrected chi connectivity index (χ0v) is 18.6. The van der Waals surface area contributed by atoms with Crippen molar-refractivity contribution in [3.63, 3.8) is 0 Å². The molecular formula is C27H19N3O2S. The quantitative estimate of drug-likeness (QED) is 0.329. The Balaban J connectivity index is 1.32. The molecule has 33 heavy (non-hydrogen) atoms. The molecule has 0 radical (unpaired) electrons. The van der Waals surface area contributed by atoms with Crippen molar-refractivity contribution in [2.75, 3.05) is 12.4 Å². The van der Waals surface area contributed by atoms with Crippen molar-refractivity contribution in [3.05, 3.63) is 96.7 Å². The fraction of sp³-hybridized carbons (Fsp3) is 0.0370. The normalized spacial score (nSPS) is 11.3. The predicted molar refractivity (Wildman–Crippen MR) is 134 cm³/mol. The maximum absolute atomic E-state index is 13.0. The Morgan fingerprint density at radius 2 is 1.79 bits per heavy atom. The largest absolute Gasteiger partial charge is 0.497 e. The van der Waals surface area contributed by atoms with Gasteiger partial charge < -0.3 is 10.1 Å². The molecule has 0 aliphatic carbocycles. The number of ether oxygens (including phenoxy) is 1. The SMILES string of the molecule is COc1ccc(-c2cn3c(n2)sc2cc(C(=O)Nc4cccc5ccccc45)ccc23)cc1. The Morgan fingerprint density at radius 1 is 0.970 bits per heavy atom. The van der Waals surface area contributed by atoms with Gasteiger partial charge in [-0.25, -0.2) is 4.98 Å². The lowest BCUT2D eigenvalue weighted by Gasteiger charge is -2.09. The molecule has 1 N–H and O–H groups in total. The minimum atomic E-state index is -0.127. The molecule has 0 saturated carbocycles. The lowest BCUT2D eigenvalue weighted by atomic mass is 10.1. The molecule has 6 heteroatoms. The summed E-state index contributed by atoms with van der Waals surface area (Å²) in [7, 11) is 1.66. The number of carbonyl (C=O) groups excluding carboxylic acids is 1. The molecule has 0 bridgehead atoms. The summed E-state index contributed by atoms with van der Waals surface area (Å²) >= 11 is 1.57. The lowest BCUT2D eigenvalue weighted by Crippen LogP contribution is -2.11. The number of carbonyl (C=O) groups is 1. The average molecular weight is 450 g/mol. The maximum atomic E-state index is 13.0. The van der Waals surface area contributed by atoms with Gasteiger partial charge in [-0.1, -0.05) is 47.7 Å². The van der Waals surface area contributed by atoms with E-state index >= 15 is 0 Å². The van der Waals surface area contributed by atoms with E-state index in [0.717, 1.165) is 48.6 Å². The number of fused-ring (bicyclic) bond motifs is 4. The van der Waals surface area contributed by atoms with Gasteiger partial charge in [-0.3, -0.25) is 9.20 Å². The van der Waals surface area contributed by atoms with Crippen LogP contribution in [0.15, 0.2) is 91.1 Å². The zero-order valence-electron chi connectivity index (χ0n) is 17.8. The molecule has 160 valence electrons. The van der Waals surface area contributed by atoms with Crippen LogP contribution in [0.25, 0.3) is 37.2 Å². The summed E-state index contributed by atoms with van der Waals surface area (Å²) in [6.45, 7) is 0. The highest BCUT2D eigenvalue weighted by Gasteiger charge is 2.14. The second kappa shape index (κ2) is 7.76. The molecule has 1 amide bonds. The predicted octanol–water partition coefficient (Wildman–Crippen LogP) is 6.63. The van der Waals surface area contributed by atoms with Crippen LogP contribution in [0.5, 0.6) is 5.75 Å². The van der Waals surface area contributed by atoms with Gasteiger partial charge in [-0.15, -0.1) is 0 Å². The summed E-state index contributed by atoms with van der Waals surface area (Å²) in [6.07, 6.45) is 2.03.